The number of H-pyrrole nitrogens is 1. The lowest BCUT2D eigenvalue weighted by atomic mass is 10.0. The molecule has 2 N–H and O–H groups in total. The summed E-state index contributed by atoms with van der Waals surface area (Å²) in [6.07, 6.45) is 4.67. The Kier molecular flexibility index (Phi) is 6.01. The first-order valence-electron chi connectivity index (χ1n) is 9.53. The van der Waals surface area contributed by atoms with Gasteiger partial charge in [0.25, 0.3) is 0 Å². The molecule has 0 fully saturated rings. The summed E-state index contributed by atoms with van der Waals surface area (Å²) in [7, 11) is 1.44. The average Bonchev–Trinajstić information content (AvgIpc) is 3.19. The molecule has 1 aromatic carbocycles. The number of aromatic amines is 1. The molecule has 3 aromatic rings. The molecular weight excluding hydrogens is 429 g/mol. The average molecular weight is 448 g/mol. The number of anilines is 1. The molecule has 162 valence electrons. The first-order valence-corrected chi connectivity index (χ1v) is 10.4. The number of nitrogens with zero attached hydrogens (tertiary/aromatic N) is 2. The largest absolute Gasteiger partial charge is 0.374 e. The van der Waals surface area contributed by atoms with Crippen molar-refractivity contribution in [2.24, 2.45) is 0 Å². The van der Waals surface area contributed by atoms with Gasteiger partial charge in [0.2, 0.25) is 5.78 Å². The van der Waals surface area contributed by atoms with E-state index < -0.39 is 29.1 Å². The second-order valence-electron chi connectivity index (χ2n) is 7.11. The van der Waals surface area contributed by atoms with Crippen molar-refractivity contribution < 1.29 is 22.7 Å². The number of rotatable bonds is 6. The maximum atomic E-state index is 15.1. The Labute approximate surface area is 180 Å². The molecule has 2 heterocycles. The van der Waals surface area contributed by atoms with Gasteiger partial charge in [-0.3, -0.25) is 4.79 Å². The molecule has 2 unspecified atom stereocenters. The third kappa shape index (κ3) is 4.05. The number of halogens is 3. The molecule has 0 saturated heterocycles. The summed E-state index contributed by atoms with van der Waals surface area (Å²) in [5, 5.41) is 0.151. The number of ether oxygens (including phenoxy) is 1. The molecular formula is C21H19F3N4O2S. The highest BCUT2D eigenvalue weighted by atomic mass is 32.2. The fraction of sp³-hybridized carbons (Fsp3) is 0.286. The molecule has 2 atom stereocenters. The molecule has 0 radical (unpaired) electrons. The maximum Gasteiger partial charge on any atom is 0.201 e. The summed E-state index contributed by atoms with van der Waals surface area (Å²) < 4.78 is 51.4. The predicted octanol–water partition coefficient (Wildman–Crippen LogP) is 4.87. The van der Waals surface area contributed by atoms with E-state index in [2.05, 4.69) is 19.7 Å². The lowest BCUT2D eigenvalue weighted by Gasteiger charge is -2.23. The van der Waals surface area contributed by atoms with Crippen LogP contribution in [0, 0.1) is 18.6 Å². The van der Waals surface area contributed by atoms with Gasteiger partial charge in [-0.25, -0.2) is 23.1 Å². The van der Waals surface area contributed by atoms with Crippen molar-refractivity contribution >= 4 is 34.5 Å². The molecule has 10 heteroatoms. The number of hydrogen-bond donors (Lipinski definition) is 2. The van der Waals surface area contributed by atoms with Crippen molar-refractivity contribution in [2.45, 2.75) is 31.1 Å². The number of carbonyl (C=O) groups excluding carboxylic acids is 1. The van der Waals surface area contributed by atoms with Gasteiger partial charge in [-0.1, -0.05) is 0 Å². The number of fused-ring (bicyclic) bond motifs is 1. The number of nitrogens with one attached hydrogen (secondary N) is 2. The van der Waals surface area contributed by atoms with Crippen LogP contribution in [0.15, 0.2) is 36.6 Å². The standard InChI is InChI=1S/C21H19F3N4O2S/c1-10-17-12(8-25-21(17)27-9-26-10)20(29)18-13(22)4-5-15(19(18)24)28-31-11-3-6-16(30-2)14(23)7-11/h4-5,7-9,11,16,28H,3,6H2,1-2H3,(H,25,26,27). The fourth-order valence-corrected chi connectivity index (χ4v) is 4.44. The van der Waals surface area contributed by atoms with Crippen molar-refractivity contribution in [1.29, 1.82) is 0 Å². The van der Waals surface area contributed by atoms with E-state index >= 15 is 4.39 Å². The maximum absolute atomic E-state index is 15.1. The molecule has 1 aliphatic rings. The number of aromatic nitrogens is 3. The van der Waals surface area contributed by atoms with Gasteiger partial charge in [-0.2, -0.15) is 0 Å². The highest BCUT2D eigenvalue weighted by Crippen LogP contribution is 2.33. The molecule has 0 spiro atoms. The number of aryl methyl sites for hydroxylation is 1. The van der Waals surface area contributed by atoms with Gasteiger partial charge in [-0.15, -0.1) is 0 Å². The summed E-state index contributed by atoms with van der Waals surface area (Å²) in [4.78, 5) is 23.9. The van der Waals surface area contributed by atoms with Crippen LogP contribution in [0.1, 0.15) is 34.5 Å². The van der Waals surface area contributed by atoms with Crippen molar-refractivity contribution in [3.8, 4) is 0 Å². The smallest absolute Gasteiger partial charge is 0.201 e. The molecule has 0 aliphatic heterocycles. The summed E-state index contributed by atoms with van der Waals surface area (Å²) in [6, 6.07) is 2.23. The Balaban J connectivity index is 1.61. The lowest BCUT2D eigenvalue weighted by molar-refractivity contribution is 0.0986. The number of ketones is 1. The highest BCUT2D eigenvalue weighted by Gasteiger charge is 2.27. The van der Waals surface area contributed by atoms with Gasteiger partial charge in [0, 0.05) is 18.6 Å². The van der Waals surface area contributed by atoms with Gasteiger partial charge in [0.1, 0.15) is 29.7 Å². The van der Waals surface area contributed by atoms with Crippen LogP contribution in [0.25, 0.3) is 11.0 Å². The van der Waals surface area contributed by atoms with E-state index in [9.17, 15) is 13.6 Å². The van der Waals surface area contributed by atoms with Crippen molar-refractivity contribution in [2.75, 3.05) is 11.8 Å². The van der Waals surface area contributed by atoms with Gasteiger partial charge in [-0.05, 0) is 49.9 Å². The van der Waals surface area contributed by atoms with Crippen molar-refractivity contribution in [3.63, 3.8) is 0 Å². The Bertz CT molecular complexity index is 1180. The SMILES string of the molecule is COC1CCC(SNc2ccc(F)c(C(=O)c3c[nH]c4ncnc(C)c34)c2F)C=C1F. The lowest BCUT2D eigenvalue weighted by Crippen LogP contribution is -2.21. The molecule has 0 amide bonds. The van der Waals surface area contributed by atoms with E-state index in [0.29, 0.717) is 29.6 Å². The first-order chi connectivity index (χ1) is 14.9. The van der Waals surface area contributed by atoms with Crippen LogP contribution < -0.4 is 4.72 Å². The zero-order valence-electron chi connectivity index (χ0n) is 16.7. The minimum Gasteiger partial charge on any atom is -0.374 e. The van der Waals surface area contributed by atoms with E-state index in [-0.39, 0.29) is 22.3 Å². The number of methoxy groups -OCH3 is 1. The molecule has 0 saturated carbocycles. The molecule has 4 rings (SSSR count). The van der Waals surface area contributed by atoms with Crippen LogP contribution in [0.2, 0.25) is 0 Å². The van der Waals surface area contributed by atoms with Crippen LogP contribution in [-0.4, -0.2) is 39.2 Å². The second-order valence-corrected chi connectivity index (χ2v) is 8.16. The first kappa shape index (κ1) is 21.4. The zero-order valence-corrected chi connectivity index (χ0v) is 17.5. The molecule has 31 heavy (non-hydrogen) atoms. The van der Waals surface area contributed by atoms with Crippen LogP contribution in [-0.2, 0) is 4.74 Å². The zero-order chi connectivity index (χ0) is 22.1. The Morgan fingerprint density at radius 1 is 1.26 bits per heavy atom. The monoisotopic (exact) mass is 448 g/mol. The normalized spacial score (nSPS) is 18.8. The molecule has 6 nitrogen and oxygen atoms in total. The van der Waals surface area contributed by atoms with E-state index in [0.717, 1.165) is 18.0 Å². The molecule has 0 bridgehead atoms. The van der Waals surface area contributed by atoms with Crippen LogP contribution in [0.4, 0.5) is 18.9 Å². The number of carbonyl (C=O) groups is 1. The van der Waals surface area contributed by atoms with Crippen molar-refractivity contribution in [3.05, 3.63) is 65.0 Å². The van der Waals surface area contributed by atoms with Gasteiger partial charge in [0.15, 0.2) is 5.82 Å². The van der Waals surface area contributed by atoms with E-state index in [1.807, 2.05) is 0 Å². The Morgan fingerprint density at radius 3 is 2.81 bits per heavy atom. The minimum absolute atomic E-state index is 0.0646. The Morgan fingerprint density at radius 2 is 2.06 bits per heavy atom. The molecule has 1 aliphatic carbocycles. The number of benzene rings is 1. The van der Waals surface area contributed by atoms with E-state index in [4.69, 9.17) is 4.74 Å². The quantitative estimate of drug-likeness (QED) is 0.414. The van der Waals surface area contributed by atoms with Gasteiger partial charge in [0.05, 0.1) is 27.9 Å². The third-order valence-corrected chi connectivity index (χ3v) is 6.21. The van der Waals surface area contributed by atoms with E-state index in [1.54, 1.807) is 6.92 Å². The predicted molar refractivity (Wildman–Crippen MR) is 113 cm³/mol. The topological polar surface area (TPSA) is 79.9 Å². The van der Waals surface area contributed by atoms with Gasteiger partial charge >= 0.3 is 0 Å². The summed E-state index contributed by atoms with van der Waals surface area (Å²) >= 11 is 1.09. The van der Waals surface area contributed by atoms with Crippen LogP contribution >= 0.6 is 11.9 Å². The fourth-order valence-electron chi connectivity index (χ4n) is 3.56. The van der Waals surface area contributed by atoms with Crippen LogP contribution in [0.3, 0.4) is 0 Å². The van der Waals surface area contributed by atoms with E-state index in [1.165, 1.54) is 31.8 Å². The minimum atomic E-state index is -1.02. The third-order valence-electron chi connectivity index (χ3n) is 5.19. The molecule has 2 aromatic heterocycles. The second kappa shape index (κ2) is 8.72. The van der Waals surface area contributed by atoms with Gasteiger partial charge < -0.3 is 14.4 Å². The summed E-state index contributed by atoms with van der Waals surface area (Å²) in [5.41, 5.74) is 0.256. The Hall–Kier alpha value is -2.85. The van der Waals surface area contributed by atoms with Crippen molar-refractivity contribution in [1.82, 2.24) is 15.0 Å². The highest BCUT2D eigenvalue weighted by molar-refractivity contribution is 8.01. The van der Waals surface area contributed by atoms with Crippen LogP contribution in [0.5, 0.6) is 0 Å². The number of hydrogen-bond acceptors (Lipinski definition) is 6. The summed E-state index contributed by atoms with van der Waals surface area (Å²) in [6.45, 7) is 1.68. The summed E-state index contributed by atoms with van der Waals surface area (Å²) in [5.74, 6) is -3.19.